The highest BCUT2D eigenvalue weighted by molar-refractivity contribution is 7.89. The number of primary sulfonamides is 1. The summed E-state index contributed by atoms with van der Waals surface area (Å²) in [6, 6.07) is 4.08. The number of methoxy groups -OCH3 is 1. The summed E-state index contributed by atoms with van der Waals surface area (Å²) in [4.78, 5) is 16.4. The van der Waals surface area contributed by atoms with Crippen molar-refractivity contribution in [3.05, 3.63) is 23.8 Å². The van der Waals surface area contributed by atoms with Gasteiger partial charge >= 0.3 is 0 Å². The van der Waals surface area contributed by atoms with E-state index in [0.29, 0.717) is 18.8 Å². The van der Waals surface area contributed by atoms with Crippen molar-refractivity contribution < 1.29 is 17.9 Å². The Morgan fingerprint density at radius 3 is 2.41 bits per heavy atom. The number of ether oxygens (including phenoxy) is 1. The zero-order chi connectivity index (χ0) is 16.1. The zero-order valence-corrected chi connectivity index (χ0v) is 13.4. The molecule has 0 aromatic heterocycles. The van der Waals surface area contributed by atoms with Gasteiger partial charge in [-0.15, -0.1) is 0 Å². The number of nitrogens with two attached hydrogens (primary N) is 1. The van der Waals surface area contributed by atoms with Gasteiger partial charge in [0.05, 0.1) is 17.6 Å². The Morgan fingerprint density at radius 1 is 1.27 bits per heavy atom. The van der Waals surface area contributed by atoms with E-state index in [1.165, 1.54) is 25.3 Å². The topological polar surface area (TPSA) is 92.9 Å². The van der Waals surface area contributed by atoms with Crippen molar-refractivity contribution in [2.24, 2.45) is 10.6 Å². The fourth-order valence-electron chi connectivity index (χ4n) is 3.41. The normalized spacial score (nSPS) is 20.4. The molecule has 0 radical (unpaired) electrons. The van der Waals surface area contributed by atoms with Gasteiger partial charge in [-0.05, 0) is 25.2 Å². The lowest BCUT2D eigenvalue weighted by atomic mass is 9.73. The van der Waals surface area contributed by atoms with Crippen LogP contribution in [-0.4, -0.2) is 64.5 Å². The van der Waals surface area contributed by atoms with Gasteiger partial charge in [-0.2, -0.15) is 0 Å². The van der Waals surface area contributed by atoms with Gasteiger partial charge in [0.2, 0.25) is 10.0 Å². The third-order valence-electron chi connectivity index (χ3n) is 4.28. The van der Waals surface area contributed by atoms with E-state index in [1.807, 2.05) is 7.05 Å². The standard InChI is InChI=1S/C14H19N3O4S/c1-16-6-14(7-16)8-17(9-14)13(18)11-5-10(22(15,19)20)3-4-12(11)21-2/h3-5H,6-9H2,1-2H3,(H2,15,19,20). The van der Waals surface area contributed by atoms with Gasteiger partial charge in [-0.25, -0.2) is 13.6 Å². The van der Waals surface area contributed by atoms with Crippen LogP contribution >= 0.6 is 0 Å². The van der Waals surface area contributed by atoms with Crippen LogP contribution in [0, 0.1) is 5.41 Å². The van der Waals surface area contributed by atoms with E-state index in [-0.39, 0.29) is 21.8 Å². The molecule has 2 heterocycles. The highest BCUT2D eigenvalue weighted by Gasteiger charge is 2.52. The molecule has 1 aromatic carbocycles. The zero-order valence-electron chi connectivity index (χ0n) is 12.6. The Kier molecular flexibility index (Phi) is 3.42. The molecule has 7 nitrogen and oxygen atoms in total. The van der Waals surface area contributed by atoms with E-state index in [4.69, 9.17) is 9.88 Å². The molecule has 0 atom stereocenters. The molecule has 2 fully saturated rings. The first-order valence-corrected chi connectivity index (χ1v) is 8.47. The second-order valence-electron chi connectivity index (χ2n) is 6.24. The van der Waals surface area contributed by atoms with Crippen molar-refractivity contribution in [1.29, 1.82) is 0 Å². The van der Waals surface area contributed by atoms with Gasteiger partial charge in [-0.1, -0.05) is 0 Å². The van der Waals surface area contributed by atoms with Crippen LogP contribution in [0.4, 0.5) is 0 Å². The summed E-state index contributed by atoms with van der Waals surface area (Å²) in [7, 11) is -0.359. The van der Waals surface area contributed by atoms with Crippen LogP contribution in [0.25, 0.3) is 0 Å². The average molecular weight is 325 g/mol. The Bertz CT molecular complexity index is 718. The minimum absolute atomic E-state index is 0.0877. The molecule has 2 aliphatic heterocycles. The summed E-state index contributed by atoms with van der Waals surface area (Å²) in [5.41, 5.74) is 0.450. The van der Waals surface area contributed by atoms with Crippen LogP contribution in [0.3, 0.4) is 0 Å². The predicted octanol–water partition coefficient (Wildman–Crippen LogP) is -0.270. The molecule has 2 saturated heterocycles. The molecule has 2 N–H and O–H groups in total. The number of nitrogens with zero attached hydrogens (tertiary/aromatic N) is 2. The maximum Gasteiger partial charge on any atom is 0.257 e. The molecular formula is C14H19N3O4S. The molecular weight excluding hydrogens is 306 g/mol. The maximum atomic E-state index is 12.6. The van der Waals surface area contributed by atoms with Gasteiger partial charge in [-0.3, -0.25) is 4.79 Å². The van der Waals surface area contributed by atoms with Crippen LogP contribution in [-0.2, 0) is 10.0 Å². The molecule has 0 unspecified atom stereocenters. The SMILES string of the molecule is COc1ccc(S(N)(=O)=O)cc1C(=O)N1CC2(CN(C)C2)C1. The van der Waals surface area contributed by atoms with Crippen molar-refractivity contribution in [2.75, 3.05) is 40.3 Å². The van der Waals surface area contributed by atoms with E-state index in [2.05, 4.69) is 4.90 Å². The Labute approximate surface area is 129 Å². The number of rotatable bonds is 3. The highest BCUT2D eigenvalue weighted by Crippen LogP contribution is 2.40. The van der Waals surface area contributed by atoms with E-state index >= 15 is 0 Å². The molecule has 0 aliphatic carbocycles. The fourth-order valence-corrected chi connectivity index (χ4v) is 3.95. The number of likely N-dealkylation sites (tertiary alicyclic amines) is 2. The van der Waals surface area contributed by atoms with Gasteiger partial charge < -0.3 is 14.5 Å². The smallest absolute Gasteiger partial charge is 0.257 e. The maximum absolute atomic E-state index is 12.6. The van der Waals surface area contributed by atoms with Gasteiger partial charge in [0.25, 0.3) is 5.91 Å². The molecule has 1 aromatic rings. The minimum Gasteiger partial charge on any atom is -0.496 e. The number of amides is 1. The predicted molar refractivity (Wildman–Crippen MR) is 80.2 cm³/mol. The Balaban J connectivity index is 1.83. The lowest BCUT2D eigenvalue weighted by Gasteiger charge is -2.59. The number of carbonyl (C=O) groups is 1. The summed E-state index contributed by atoms with van der Waals surface area (Å²) >= 11 is 0. The van der Waals surface area contributed by atoms with E-state index in [0.717, 1.165) is 13.1 Å². The monoisotopic (exact) mass is 325 g/mol. The highest BCUT2D eigenvalue weighted by atomic mass is 32.2. The molecule has 0 bridgehead atoms. The molecule has 22 heavy (non-hydrogen) atoms. The van der Waals surface area contributed by atoms with Gasteiger partial charge in [0.15, 0.2) is 0 Å². The van der Waals surface area contributed by atoms with Crippen LogP contribution < -0.4 is 9.88 Å². The largest absolute Gasteiger partial charge is 0.496 e. The molecule has 3 rings (SSSR count). The fraction of sp³-hybridized carbons (Fsp3) is 0.500. The molecule has 8 heteroatoms. The van der Waals surface area contributed by atoms with Gasteiger partial charge in [0.1, 0.15) is 5.75 Å². The molecule has 1 spiro atoms. The van der Waals surface area contributed by atoms with Crippen LogP contribution in [0.1, 0.15) is 10.4 Å². The van der Waals surface area contributed by atoms with Crippen LogP contribution in [0.5, 0.6) is 5.75 Å². The van der Waals surface area contributed by atoms with Crippen molar-refractivity contribution >= 4 is 15.9 Å². The summed E-state index contributed by atoms with van der Waals surface area (Å²) < 4.78 is 28.1. The minimum atomic E-state index is -3.85. The number of carbonyl (C=O) groups excluding carboxylic acids is 1. The number of benzene rings is 1. The lowest BCUT2D eigenvalue weighted by molar-refractivity contribution is -0.0872. The number of hydrogen-bond acceptors (Lipinski definition) is 5. The summed E-state index contributed by atoms with van der Waals surface area (Å²) in [6.07, 6.45) is 0. The van der Waals surface area contributed by atoms with Crippen molar-refractivity contribution in [3.63, 3.8) is 0 Å². The van der Waals surface area contributed by atoms with E-state index < -0.39 is 10.0 Å². The molecule has 120 valence electrons. The molecule has 1 amide bonds. The first-order chi connectivity index (χ1) is 10.2. The Hall–Kier alpha value is -1.64. The number of sulfonamides is 1. The van der Waals surface area contributed by atoms with E-state index in [1.54, 1.807) is 4.90 Å². The van der Waals surface area contributed by atoms with Crippen molar-refractivity contribution in [3.8, 4) is 5.75 Å². The van der Waals surface area contributed by atoms with Crippen LogP contribution in [0.15, 0.2) is 23.1 Å². The van der Waals surface area contributed by atoms with Gasteiger partial charge in [0, 0.05) is 31.6 Å². The summed E-state index contributed by atoms with van der Waals surface area (Å²) in [6.45, 7) is 3.37. The second kappa shape index (κ2) is 4.94. The average Bonchev–Trinajstić information content (AvgIpc) is 2.38. The summed E-state index contributed by atoms with van der Waals surface area (Å²) in [5, 5.41) is 5.13. The second-order valence-corrected chi connectivity index (χ2v) is 7.80. The Morgan fingerprint density at radius 2 is 1.91 bits per heavy atom. The molecule has 0 saturated carbocycles. The van der Waals surface area contributed by atoms with Crippen LogP contribution in [0.2, 0.25) is 0 Å². The molecule has 2 aliphatic rings. The lowest BCUT2D eigenvalue weighted by Crippen LogP contribution is -2.72. The summed E-state index contributed by atoms with van der Waals surface area (Å²) in [5.74, 6) is 0.131. The third-order valence-corrected chi connectivity index (χ3v) is 5.19. The third kappa shape index (κ3) is 2.47. The quantitative estimate of drug-likeness (QED) is 0.826. The first kappa shape index (κ1) is 15.3. The van der Waals surface area contributed by atoms with Crippen molar-refractivity contribution in [2.45, 2.75) is 4.90 Å². The first-order valence-electron chi connectivity index (χ1n) is 6.93. The van der Waals surface area contributed by atoms with E-state index in [9.17, 15) is 13.2 Å². The number of hydrogen-bond donors (Lipinski definition) is 1. The van der Waals surface area contributed by atoms with Crippen molar-refractivity contribution in [1.82, 2.24) is 9.80 Å².